The Morgan fingerprint density at radius 3 is 2.82 bits per heavy atom. The Hall–Kier alpha value is -1.13. The molecule has 0 saturated carbocycles. The van der Waals surface area contributed by atoms with Crippen molar-refractivity contribution in [3.63, 3.8) is 0 Å². The minimum atomic E-state index is -0.450. The Morgan fingerprint density at radius 1 is 1.47 bits per heavy atom. The van der Waals surface area contributed by atoms with Crippen LogP contribution in [0.1, 0.15) is 31.3 Å². The van der Waals surface area contributed by atoms with Gasteiger partial charge in [0.15, 0.2) is 0 Å². The highest BCUT2D eigenvalue weighted by Crippen LogP contribution is 2.26. The van der Waals surface area contributed by atoms with E-state index in [-0.39, 0.29) is 0 Å². The van der Waals surface area contributed by atoms with Crippen molar-refractivity contribution in [1.82, 2.24) is 9.55 Å². The SMILES string of the molecule is CCc1nccn1-c1ccc([C@@H](C)O)cc1Br. The van der Waals surface area contributed by atoms with Crippen LogP contribution in [0.5, 0.6) is 0 Å². The van der Waals surface area contributed by atoms with Crippen molar-refractivity contribution in [3.8, 4) is 5.69 Å². The van der Waals surface area contributed by atoms with Crippen LogP contribution < -0.4 is 0 Å². The fourth-order valence-corrected chi connectivity index (χ4v) is 2.38. The lowest BCUT2D eigenvalue weighted by molar-refractivity contribution is 0.199. The van der Waals surface area contributed by atoms with Crippen LogP contribution in [-0.2, 0) is 6.42 Å². The van der Waals surface area contributed by atoms with Gasteiger partial charge in [-0.3, -0.25) is 0 Å². The van der Waals surface area contributed by atoms with Gasteiger partial charge < -0.3 is 9.67 Å². The van der Waals surface area contributed by atoms with Crippen LogP contribution in [0, 0.1) is 0 Å². The van der Waals surface area contributed by atoms with Crippen molar-refractivity contribution in [2.45, 2.75) is 26.4 Å². The smallest absolute Gasteiger partial charge is 0.112 e. The van der Waals surface area contributed by atoms with E-state index >= 15 is 0 Å². The molecule has 1 aromatic carbocycles. The lowest BCUT2D eigenvalue weighted by Crippen LogP contribution is -2.01. The number of halogens is 1. The van der Waals surface area contributed by atoms with Crippen molar-refractivity contribution < 1.29 is 5.11 Å². The van der Waals surface area contributed by atoms with E-state index in [1.165, 1.54) is 0 Å². The Labute approximate surface area is 109 Å². The van der Waals surface area contributed by atoms with E-state index < -0.39 is 6.10 Å². The maximum atomic E-state index is 9.53. The first kappa shape index (κ1) is 12.3. The minimum Gasteiger partial charge on any atom is -0.389 e. The molecule has 1 heterocycles. The highest BCUT2D eigenvalue weighted by Gasteiger charge is 2.09. The summed E-state index contributed by atoms with van der Waals surface area (Å²) >= 11 is 3.54. The van der Waals surface area contributed by atoms with Gasteiger partial charge in [-0.15, -0.1) is 0 Å². The molecule has 2 aromatic rings. The Kier molecular flexibility index (Phi) is 3.64. The summed E-state index contributed by atoms with van der Waals surface area (Å²) in [6.45, 7) is 3.84. The van der Waals surface area contributed by atoms with E-state index in [2.05, 4.69) is 32.4 Å². The number of aliphatic hydroxyl groups excluding tert-OH is 1. The fraction of sp³-hybridized carbons (Fsp3) is 0.308. The Morgan fingerprint density at radius 2 is 2.24 bits per heavy atom. The van der Waals surface area contributed by atoms with Gasteiger partial charge >= 0.3 is 0 Å². The number of hydrogen-bond donors (Lipinski definition) is 1. The van der Waals surface area contributed by atoms with Gasteiger partial charge in [0.25, 0.3) is 0 Å². The number of aryl methyl sites for hydroxylation is 1. The van der Waals surface area contributed by atoms with Gasteiger partial charge in [-0.05, 0) is 40.5 Å². The van der Waals surface area contributed by atoms with Crippen molar-refractivity contribution >= 4 is 15.9 Å². The maximum absolute atomic E-state index is 9.53. The molecular weight excluding hydrogens is 280 g/mol. The second-order valence-corrected chi connectivity index (χ2v) is 4.81. The van der Waals surface area contributed by atoms with Crippen LogP contribution in [0.25, 0.3) is 5.69 Å². The highest BCUT2D eigenvalue weighted by atomic mass is 79.9. The first-order valence-electron chi connectivity index (χ1n) is 5.63. The molecule has 3 nitrogen and oxygen atoms in total. The van der Waals surface area contributed by atoms with Crippen LogP contribution in [0.2, 0.25) is 0 Å². The molecule has 0 bridgehead atoms. The zero-order valence-corrected chi connectivity index (χ0v) is 11.5. The largest absolute Gasteiger partial charge is 0.389 e. The first-order valence-corrected chi connectivity index (χ1v) is 6.43. The van der Waals surface area contributed by atoms with E-state index in [9.17, 15) is 5.11 Å². The molecule has 90 valence electrons. The van der Waals surface area contributed by atoms with E-state index in [1.807, 2.05) is 24.4 Å². The van der Waals surface area contributed by atoms with Gasteiger partial charge in [-0.1, -0.05) is 13.0 Å². The molecule has 17 heavy (non-hydrogen) atoms. The second-order valence-electron chi connectivity index (χ2n) is 3.95. The number of nitrogens with zero attached hydrogens (tertiary/aromatic N) is 2. The molecule has 2 rings (SSSR count). The van der Waals surface area contributed by atoms with E-state index in [1.54, 1.807) is 13.1 Å². The second kappa shape index (κ2) is 5.02. The molecule has 1 atom stereocenters. The molecule has 0 amide bonds. The predicted molar refractivity (Wildman–Crippen MR) is 71.3 cm³/mol. The molecule has 0 saturated heterocycles. The van der Waals surface area contributed by atoms with Crippen molar-refractivity contribution in [2.75, 3.05) is 0 Å². The van der Waals surface area contributed by atoms with Crippen LogP contribution in [0.3, 0.4) is 0 Å². The zero-order chi connectivity index (χ0) is 12.4. The highest BCUT2D eigenvalue weighted by molar-refractivity contribution is 9.10. The molecule has 0 aliphatic carbocycles. The number of aromatic nitrogens is 2. The molecule has 0 spiro atoms. The third-order valence-corrected chi connectivity index (χ3v) is 3.38. The van der Waals surface area contributed by atoms with Crippen LogP contribution in [0.4, 0.5) is 0 Å². The van der Waals surface area contributed by atoms with Gasteiger partial charge in [-0.2, -0.15) is 0 Å². The molecule has 4 heteroatoms. The van der Waals surface area contributed by atoms with Gasteiger partial charge in [0, 0.05) is 23.3 Å². The quantitative estimate of drug-likeness (QED) is 0.944. The monoisotopic (exact) mass is 294 g/mol. The lowest BCUT2D eigenvalue weighted by atomic mass is 10.1. The molecule has 0 unspecified atom stereocenters. The number of imidazole rings is 1. The van der Waals surface area contributed by atoms with Crippen molar-refractivity contribution in [1.29, 1.82) is 0 Å². The van der Waals surface area contributed by atoms with Gasteiger partial charge in [0.1, 0.15) is 5.82 Å². The van der Waals surface area contributed by atoms with Crippen molar-refractivity contribution in [3.05, 3.63) is 46.5 Å². The standard InChI is InChI=1S/C13H15BrN2O/c1-3-13-15-6-7-16(13)12-5-4-10(9(2)17)8-11(12)14/h4-9,17H,3H2,1-2H3/t9-/m1/s1. The summed E-state index contributed by atoms with van der Waals surface area (Å²) in [5.41, 5.74) is 1.95. The fourth-order valence-electron chi connectivity index (χ4n) is 1.79. The molecule has 1 N–H and O–H groups in total. The molecule has 0 radical (unpaired) electrons. The summed E-state index contributed by atoms with van der Waals surface area (Å²) in [6, 6.07) is 5.87. The van der Waals surface area contributed by atoms with Gasteiger partial charge in [0.05, 0.1) is 11.8 Å². The average Bonchev–Trinajstić information content (AvgIpc) is 2.76. The average molecular weight is 295 g/mol. The van der Waals surface area contributed by atoms with Gasteiger partial charge in [-0.25, -0.2) is 4.98 Å². The third-order valence-electron chi connectivity index (χ3n) is 2.75. The Balaban J connectivity index is 2.47. The minimum absolute atomic E-state index is 0.450. The summed E-state index contributed by atoms with van der Waals surface area (Å²) < 4.78 is 3.01. The summed E-state index contributed by atoms with van der Waals surface area (Å²) in [5, 5.41) is 9.53. The number of benzene rings is 1. The zero-order valence-electron chi connectivity index (χ0n) is 9.89. The summed E-state index contributed by atoms with van der Waals surface area (Å²) in [6.07, 6.45) is 4.18. The summed E-state index contributed by atoms with van der Waals surface area (Å²) in [4.78, 5) is 4.30. The lowest BCUT2D eigenvalue weighted by Gasteiger charge is -2.11. The molecule has 0 fully saturated rings. The normalized spacial score (nSPS) is 12.7. The summed E-state index contributed by atoms with van der Waals surface area (Å²) in [5.74, 6) is 1.02. The summed E-state index contributed by atoms with van der Waals surface area (Å²) in [7, 11) is 0. The third kappa shape index (κ3) is 2.42. The van der Waals surface area contributed by atoms with Crippen molar-refractivity contribution in [2.24, 2.45) is 0 Å². The molecule has 1 aromatic heterocycles. The van der Waals surface area contributed by atoms with Gasteiger partial charge in [0.2, 0.25) is 0 Å². The van der Waals surface area contributed by atoms with Crippen LogP contribution >= 0.6 is 15.9 Å². The number of rotatable bonds is 3. The Bertz CT molecular complexity index is 520. The van der Waals surface area contributed by atoms with Crippen LogP contribution in [-0.4, -0.2) is 14.7 Å². The molecule has 0 aliphatic rings. The molecule has 0 aliphatic heterocycles. The topological polar surface area (TPSA) is 38.0 Å². The number of hydrogen-bond acceptors (Lipinski definition) is 2. The number of aliphatic hydroxyl groups is 1. The predicted octanol–water partition coefficient (Wildman–Crippen LogP) is 3.25. The maximum Gasteiger partial charge on any atom is 0.112 e. The van der Waals surface area contributed by atoms with E-state index in [4.69, 9.17) is 0 Å². The first-order chi connectivity index (χ1) is 8.13. The van der Waals surface area contributed by atoms with E-state index in [0.717, 1.165) is 28.0 Å². The van der Waals surface area contributed by atoms with Crippen LogP contribution in [0.15, 0.2) is 35.1 Å². The molecular formula is C13H15BrN2O. The van der Waals surface area contributed by atoms with E-state index in [0.29, 0.717) is 0 Å².